The maximum atomic E-state index is 13.8. The number of halogens is 1. The minimum absolute atomic E-state index is 0.145. The summed E-state index contributed by atoms with van der Waals surface area (Å²) in [5, 5.41) is 9.55. The monoisotopic (exact) mass is 534 g/mol. The van der Waals surface area contributed by atoms with Crippen LogP contribution >= 0.6 is 11.3 Å². The fourth-order valence-corrected chi connectivity index (χ4v) is 5.79. The molecule has 5 rings (SSSR count). The van der Waals surface area contributed by atoms with Crippen molar-refractivity contribution in [2.24, 2.45) is 0 Å². The van der Waals surface area contributed by atoms with Crippen molar-refractivity contribution in [2.75, 3.05) is 13.2 Å². The first-order valence-corrected chi connectivity index (χ1v) is 13.3. The summed E-state index contributed by atoms with van der Waals surface area (Å²) in [5.41, 5.74) is 2.78. The Hall–Kier alpha value is -4.05. The molecule has 0 aliphatic carbocycles. The molecule has 0 saturated carbocycles. The number of esters is 1. The third-order valence-electron chi connectivity index (χ3n) is 6.68. The molecule has 2 aromatic carbocycles. The van der Waals surface area contributed by atoms with Crippen LogP contribution in [-0.2, 0) is 16.1 Å². The van der Waals surface area contributed by atoms with Gasteiger partial charge in [0.1, 0.15) is 12.4 Å². The number of nitrogens with zero attached hydrogens (tertiary/aromatic N) is 3. The van der Waals surface area contributed by atoms with Gasteiger partial charge in [0.25, 0.3) is 0 Å². The van der Waals surface area contributed by atoms with Gasteiger partial charge in [0.15, 0.2) is 5.69 Å². The van der Waals surface area contributed by atoms with Crippen LogP contribution < -0.4 is 0 Å². The van der Waals surface area contributed by atoms with E-state index in [4.69, 9.17) is 9.47 Å². The highest BCUT2D eigenvalue weighted by Crippen LogP contribution is 2.47. The second kappa shape index (κ2) is 11.6. The van der Waals surface area contributed by atoms with E-state index in [0.29, 0.717) is 13.0 Å². The van der Waals surface area contributed by atoms with E-state index in [1.807, 2.05) is 36.4 Å². The van der Waals surface area contributed by atoms with Crippen molar-refractivity contribution >= 4 is 23.4 Å². The van der Waals surface area contributed by atoms with Crippen LogP contribution in [0.2, 0.25) is 0 Å². The molecule has 196 valence electrons. The lowest BCUT2D eigenvalue weighted by atomic mass is 9.77. The number of hydrogen-bond acceptors (Lipinski definition) is 7. The highest BCUT2D eigenvalue weighted by Gasteiger charge is 2.42. The van der Waals surface area contributed by atoms with Crippen molar-refractivity contribution < 1.29 is 23.5 Å². The summed E-state index contributed by atoms with van der Waals surface area (Å²) in [6, 6.07) is 17.3. The number of carbonyl (C=O) groups excluding carboxylic acids is 2. The highest BCUT2D eigenvalue weighted by molar-refractivity contribution is 7.09. The second-order valence-electron chi connectivity index (χ2n) is 9.01. The molecular formula is C28H27FN4O4S. The Morgan fingerprint density at radius 3 is 2.58 bits per heavy atom. The molecule has 38 heavy (non-hydrogen) atoms. The first-order valence-electron chi connectivity index (χ1n) is 12.4. The van der Waals surface area contributed by atoms with Crippen molar-refractivity contribution in [3.05, 3.63) is 106 Å². The molecule has 1 aliphatic rings. The van der Waals surface area contributed by atoms with E-state index >= 15 is 0 Å². The maximum Gasteiger partial charge on any atom is 0.410 e. The highest BCUT2D eigenvalue weighted by atomic mass is 32.1. The quantitative estimate of drug-likeness (QED) is 0.300. The first-order chi connectivity index (χ1) is 18.5. The average Bonchev–Trinajstić information content (AvgIpc) is 3.65. The Labute approximate surface area is 223 Å². The van der Waals surface area contributed by atoms with E-state index < -0.39 is 12.1 Å². The van der Waals surface area contributed by atoms with Crippen molar-refractivity contribution in [3.63, 3.8) is 0 Å². The van der Waals surface area contributed by atoms with Gasteiger partial charge in [-0.1, -0.05) is 42.5 Å². The molecular weight excluding hydrogens is 507 g/mol. The number of aromatic nitrogens is 3. The van der Waals surface area contributed by atoms with E-state index in [1.54, 1.807) is 35.5 Å². The fraction of sp³-hybridized carbons (Fsp3) is 0.286. The summed E-state index contributed by atoms with van der Waals surface area (Å²) in [6.45, 7) is 2.46. The van der Waals surface area contributed by atoms with Crippen LogP contribution in [0.15, 0.2) is 72.2 Å². The largest absolute Gasteiger partial charge is 0.461 e. The van der Waals surface area contributed by atoms with Crippen LogP contribution in [0, 0.1) is 5.82 Å². The SMILES string of the molecule is CCOC(=O)c1csc(C2CC(c3ccn[nH]3)N(C(=O)OCc3ccccc3)CC2c2ccc(F)cc2)n1. The Kier molecular flexibility index (Phi) is 7.78. The minimum Gasteiger partial charge on any atom is -0.461 e. The Balaban J connectivity index is 1.48. The van der Waals surface area contributed by atoms with Gasteiger partial charge in [-0.25, -0.2) is 19.0 Å². The molecule has 1 saturated heterocycles. The zero-order chi connectivity index (χ0) is 26.5. The molecule has 3 heterocycles. The molecule has 0 radical (unpaired) electrons. The predicted molar refractivity (Wildman–Crippen MR) is 139 cm³/mol. The number of rotatable bonds is 7. The molecule has 0 bridgehead atoms. The number of carbonyl (C=O) groups is 2. The van der Waals surface area contributed by atoms with Gasteiger partial charge in [0.05, 0.1) is 23.4 Å². The molecule has 0 spiro atoms. The number of H-pyrrole nitrogens is 1. The van der Waals surface area contributed by atoms with Gasteiger partial charge < -0.3 is 9.47 Å². The Morgan fingerprint density at radius 2 is 1.87 bits per heavy atom. The van der Waals surface area contributed by atoms with Crippen LogP contribution in [0.3, 0.4) is 0 Å². The normalized spacial score (nSPS) is 19.2. The summed E-state index contributed by atoms with van der Waals surface area (Å²) >= 11 is 1.38. The van der Waals surface area contributed by atoms with Crippen LogP contribution in [0.4, 0.5) is 9.18 Å². The molecule has 2 aromatic heterocycles. The summed E-state index contributed by atoms with van der Waals surface area (Å²) in [5.74, 6) is -1.17. The third kappa shape index (κ3) is 5.60. The minimum atomic E-state index is -0.472. The summed E-state index contributed by atoms with van der Waals surface area (Å²) in [4.78, 5) is 32.1. The first kappa shape index (κ1) is 25.6. The third-order valence-corrected chi connectivity index (χ3v) is 7.65. The van der Waals surface area contributed by atoms with Crippen LogP contribution in [-0.4, -0.2) is 45.3 Å². The zero-order valence-corrected chi connectivity index (χ0v) is 21.6. The van der Waals surface area contributed by atoms with Crippen molar-refractivity contribution in [3.8, 4) is 0 Å². The number of likely N-dealkylation sites (tertiary alicyclic amines) is 1. The van der Waals surface area contributed by atoms with Gasteiger partial charge in [-0.15, -0.1) is 11.3 Å². The lowest BCUT2D eigenvalue weighted by Gasteiger charge is -2.42. The van der Waals surface area contributed by atoms with Gasteiger partial charge in [-0.2, -0.15) is 5.10 Å². The molecule has 3 unspecified atom stereocenters. The van der Waals surface area contributed by atoms with Crippen LogP contribution in [0.1, 0.15) is 63.5 Å². The summed E-state index contributed by atoms with van der Waals surface area (Å²) in [7, 11) is 0. The summed E-state index contributed by atoms with van der Waals surface area (Å²) in [6.07, 6.45) is 1.69. The number of aromatic amines is 1. The molecule has 1 N–H and O–H groups in total. The number of benzene rings is 2. The lowest BCUT2D eigenvalue weighted by Crippen LogP contribution is -2.44. The van der Waals surface area contributed by atoms with Gasteiger partial charge in [0.2, 0.25) is 0 Å². The molecule has 3 atom stereocenters. The lowest BCUT2D eigenvalue weighted by molar-refractivity contribution is 0.0519. The standard InChI is InChI=1S/C28H27FN4O4S/c1-2-36-27(34)24-17-38-26(31-24)21-14-25(23-12-13-30-32-23)33(15-22(21)19-8-10-20(29)11-9-19)28(35)37-16-18-6-4-3-5-7-18/h3-13,17,21-22,25H,2,14-16H2,1H3,(H,30,32). The topological polar surface area (TPSA) is 97.4 Å². The number of amides is 1. The van der Waals surface area contributed by atoms with E-state index in [9.17, 15) is 14.0 Å². The Bertz CT molecular complexity index is 1360. The van der Waals surface area contributed by atoms with Gasteiger partial charge in [0, 0.05) is 30.0 Å². The smallest absolute Gasteiger partial charge is 0.410 e. The average molecular weight is 535 g/mol. The number of thiazole rings is 1. The molecule has 1 amide bonds. The number of piperidine rings is 1. The fourth-order valence-electron chi connectivity index (χ4n) is 4.83. The van der Waals surface area contributed by atoms with Gasteiger partial charge in [-0.3, -0.25) is 10.00 Å². The predicted octanol–water partition coefficient (Wildman–Crippen LogP) is 5.83. The van der Waals surface area contributed by atoms with Crippen LogP contribution in [0.5, 0.6) is 0 Å². The van der Waals surface area contributed by atoms with Crippen molar-refractivity contribution in [1.82, 2.24) is 20.1 Å². The zero-order valence-electron chi connectivity index (χ0n) is 20.7. The molecule has 10 heteroatoms. The van der Waals surface area contributed by atoms with Crippen LogP contribution in [0.25, 0.3) is 0 Å². The van der Waals surface area contributed by atoms with Crippen molar-refractivity contribution in [1.29, 1.82) is 0 Å². The molecule has 1 fully saturated rings. The number of hydrogen-bond donors (Lipinski definition) is 1. The molecule has 1 aliphatic heterocycles. The number of nitrogens with one attached hydrogen (secondary N) is 1. The Morgan fingerprint density at radius 1 is 1.08 bits per heavy atom. The second-order valence-corrected chi connectivity index (χ2v) is 9.90. The van der Waals surface area contributed by atoms with E-state index in [-0.39, 0.29) is 42.6 Å². The van der Waals surface area contributed by atoms with E-state index in [0.717, 1.165) is 21.8 Å². The maximum absolute atomic E-state index is 13.8. The van der Waals surface area contributed by atoms with E-state index in [2.05, 4.69) is 15.2 Å². The van der Waals surface area contributed by atoms with E-state index in [1.165, 1.54) is 23.5 Å². The summed E-state index contributed by atoms with van der Waals surface area (Å²) < 4.78 is 24.6. The van der Waals surface area contributed by atoms with Crippen molar-refractivity contribution in [2.45, 2.75) is 37.8 Å². The van der Waals surface area contributed by atoms with Gasteiger partial charge in [-0.05, 0) is 42.7 Å². The number of ether oxygens (including phenoxy) is 2. The molecule has 4 aromatic rings. The molecule has 8 nitrogen and oxygen atoms in total. The van der Waals surface area contributed by atoms with Gasteiger partial charge >= 0.3 is 12.1 Å².